The van der Waals surface area contributed by atoms with Crippen LogP contribution in [0.2, 0.25) is 0 Å². The predicted molar refractivity (Wildman–Crippen MR) is 205 cm³/mol. The standard InChI is InChI=1S/C36H49N5.C7H13N/c1-6-29-12-13-32(20-27(29)4)36-17-14-35(15-18-36,16-19-36)25-40(28(5)30-10-8-7-9-11-30)33-21-34(39-37-23-33)31-22-38-41(24-31)26(2)3;1-6(2)8-4-7(3)5-8/h12-13,20-24,26,30H,5-11,14-19,25H2,1-4H3;7H,1,4-5H2,2-3H3. The number of benzene rings is 1. The average Bonchev–Trinajstić information content (AvgIpc) is 3.62. The number of anilines is 1. The first-order valence-corrected chi connectivity index (χ1v) is 19.4. The summed E-state index contributed by atoms with van der Waals surface area (Å²) >= 11 is 0. The molecule has 1 saturated heterocycles. The largest absolute Gasteiger partial charge is 0.375 e. The molecule has 0 unspecified atom stereocenters. The van der Waals surface area contributed by atoms with Gasteiger partial charge in [0, 0.05) is 48.8 Å². The maximum absolute atomic E-state index is 4.78. The SMILES string of the molecule is C=C(C)N1CC(C)C1.C=C(C1CCCCC1)N(CC12CCC(c3ccc(CC)c(C)c3)(CC1)CC2)c1cnnc(-c2cnn(C(C)C)c2)c1. The quantitative estimate of drug-likeness (QED) is 0.216. The lowest BCUT2D eigenvalue weighted by atomic mass is 9.51. The molecule has 3 aromatic rings. The van der Waals surface area contributed by atoms with Crippen LogP contribution in [0.4, 0.5) is 5.69 Å². The second-order valence-electron chi connectivity index (χ2n) is 16.5. The van der Waals surface area contributed by atoms with Crippen molar-refractivity contribution in [1.82, 2.24) is 24.9 Å². The van der Waals surface area contributed by atoms with Crippen LogP contribution in [0, 0.1) is 24.2 Å². The van der Waals surface area contributed by atoms with Crippen molar-refractivity contribution in [2.24, 2.45) is 17.3 Å². The molecule has 4 aliphatic carbocycles. The number of allylic oxidation sites excluding steroid dienone is 2. The Labute approximate surface area is 297 Å². The fourth-order valence-corrected chi connectivity index (χ4v) is 9.11. The fraction of sp³-hybridized carbons (Fsp3) is 0.605. The molecule has 8 rings (SSSR count). The maximum Gasteiger partial charge on any atom is 0.0981 e. The lowest BCUT2D eigenvalue weighted by Gasteiger charge is -2.55. The lowest BCUT2D eigenvalue weighted by molar-refractivity contribution is 0.0460. The molecule has 0 atom stereocenters. The number of nitrogens with zero attached hydrogens (tertiary/aromatic N) is 6. The molecule has 2 bridgehead atoms. The van der Waals surface area contributed by atoms with Crippen LogP contribution in [0.5, 0.6) is 0 Å². The van der Waals surface area contributed by atoms with Crippen molar-refractivity contribution in [2.75, 3.05) is 24.5 Å². The van der Waals surface area contributed by atoms with Crippen LogP contribution in [0.3, 0.4) is 0 Å². The number of hydrogen-bond acceptors (Lipinski definition) is 5. The van der Waals surface area contributed by atoms with Gasteiger partial charge in [0.25, 0.3) is 0 Å². The Morgan fingerprint density at radius 1 is 0.980 bits per heavy atom. The van der Waals surface area contributed by atoms with E-state index in [1.807, 2.05) is 17.1 Å². The molecule has 0 radical (unpaired) electrons. The Balaban J connectivity index is 0.000000459. The minimum atomic E-state index is 0.319. The Kier molecular flexibility index (Phi) is 10.7. The first kappa shape index (κ1) is 35.4. The Bertz CT molecular complexity index is 1580. The summed E-state index contributed by atoms with van der Waals surface area (Å²) in [5.74, 6) is 1.46. The third kappa shape index (κ3) is 7.68. The van der Waals surface area contributed by atoms with Crippen molar-refractivity contribution < 1.29 is 0 Å². The molecule has 6 nitrogen and oxygen atoms in total. The van der Waals surface area contributed by atoms with Crippen LogP contribution in [-0.4, -0.2) is 44.5 Å². The van der Waals surface area contributed by atoms with Crippen LogP contribution < -0.4 is 4.90 Å². The van der Waals surface area contributed by atoms with Crippen LogP contribution in [0.25, 0.3) is 11.3 Å². The van der Waals surface area contributed by atoms with Gasteiger partial charge in [0.05, 0.1) is 23.8 Å². The predicted octanol–water partition coefficient (Wildman–Crippen LogP) is 10.5. The molecule has 4 saturated carbocycles. The van der Waals surface area contributed by atoms with Gasteiger partial charge in [-0.3, -0.25) is 4.68 Å². The minimum Gasteiger partial charge on any atom is -0.375 e. The molecule has 2 aromatic heterocycles. The van der Waals surface area contributed by atoms with Gasteiger partial charge in [-0.1, -0.05) is 64.5 Å². The van der Waals surface area contributed by atoms with E-state index in [1.54, 1.807) is 5.56 Å². The molecule has 1 aliphatic heterocycles. The van der Waals surface area contributed by atoms with Crippen molar-refractivity contribution >= 4 is 5.69 Å². The van der Waals surface area contributed by atoms with E-state index >= 15 is 0 Å². The minimum absolute atomic E-state index is 0.319. The Hall–Kier alpha value is -3.41. The van der Waals surface area contributed by atoms with E-state index in [2.05, 4.69) is 104 Å². The lowest BCUT2D eigenvalue weighted by Crippen LogP contribution is -2.49. The van der Waals surface area contributed by atoms with Crippen molar-refractivity contribution in [1.29, 1.82) is 0 Å². The van der Waals surface area contributed by atoms with E-state index in [0.29, 0.717) is 22.8 Å². The second kappa shape index (κ2) is 14.8. The van der Waals surface area contributed by atoms with Gasteiger partial charge < -0.3 is 9.80 Å². The first-order chi connectivity index (χ1) is 23.5. The summed E-state index contributed by atoms with van der Waals surface area (Å²) in [6.45, 7) is 25.3. The van der Waals surface area contributed by atoms with Crippen molar-refractivity contribution in [3.63, 3.8) is 0 Å². The molecule has 264 valence electrons. The second-order valence-corrected chi connectivity index (χ2v) is 16.5. The number of hydrogen-bond donors (Lipinski definition) is 0. The molecular weight excluding hydrogens is 601 g/mol. The smallest absolute Gasteiger partial charge is 0.0981 e. The summed E-state index contributed by atoms with van der Waals surface area (Å²) < 4.78 is 2.00. The number of aryl methyl sites for hydroxylation is 2. The van der Waals surface area contributed by atoms with E-state index in [1.165, 1.54) is 106 Å². The number of likely N-dealkylation sites (tertiary alicyclic amines) is 1. The van der Waals surface area contributed by atoms with Gasteiger partial charge in [-0.25, -0.2) is 0 Å². The highest BCUT2D eigenvalue weighted by Crippen LogP contribution is 2.58. The molecule has 3 heterocycles. The third-order valence-corrected chi connectivity index (χ3v) is 12.6. The van der Waals surface area contributed by atoms with Gasteiger partial charge >= 0.3 is 0 Å². The zero-order valence-corrected chi connectivity index (χ0v) is 31.5. The number of rotatable bonds is 10. The molecule has 0 amide bonds. The summed E-state index contributed by atoms with van der Waals surface area (Å²) in [4.78, 5) is 4.87. The highest BCUT2D eigenvalue weighted by atomic mass is 15.3. The molecular formula is C43H62N6. The summed E-state index contributed by atoms with van der Waals surface area (Å²) in [6, 6.07) is 9.91. The molecule has 6 heteroatoms. The maximum atomic E-state index is 4.78. The van der Waals surface area contributed by atoms with Gasteiger partial charge in [-0.2, -0.15) is 15.3 Å². The van der Waals surface area contributed by atoms with Crippen LogP contribution in [0.15, 0.2) is 67.4 Å². The number of aromatic nitrogens is 4. The van der Waals surface area contributed by atoms with Crippen molar-refractivity contribution in [2.45, 2.75) is 130 Å². The van der Waals surface area contributed by atoms with Gasteiger partial charge in [0.1, 0.15) is 0 Å². The highest BCUT2D eigenvalue weighted by molar-refractivity contribution is 5.64. The summed E-state index contributed by atoms with van der Waals surface area (Å²) in [5, 5.41) is 13.6. The van der Waals surface area contributed by atoms with Gasteiger partial charge in [0.15, 0.2) is 0 Å². The molecule has 1 aromatic carbocycles. The summed E-state index contributed by atoms with van der Waals surface area (Å²) in [5.41, 5.74) is 10.8. The zero-order chi connectivity index (χ0) is 34.8. The van der Waals surface area contributed by atoms with E-state index < -0.39 is 0 Å². The van der Waals surface area contributed by atoms with Gasteiger partial charge in [-0.05, 0) is 131 Å². The molecule has 5 fully saturated rings. The van der Waals surface area contributed by atoms with Crippen LogP contribution >= 0.6 is 0 Å². The average molecular weight is 663 g/mol. The van der Waals surface area contributed by atoms with Crippen molar-refractivity contribution in [3.05, 3.63) is 84.1 Å². The topological polar surface area (TPSA) is 50.1 Å². The molecule has 49 heavy (non-hydrogen) atoms. The van der Waals surface area contributed by atoms with E-state index in [4.69, 9.17) is 6.58 Å². The zero-order valence-electron chi connectivity index (χ0n) is 31.5. The molecule has 5 aliphatic rings. The molecule has 0 N–H and O–H groups in total. The highest BCUT2D eigenvalue weighted by Gasteiger charge is 2.50. The fourth-order valence-electron chi connectivity index (χ4n) is 9.11. The first-order valence-electron chi connectivity index (χ1n) is 19.4. The normalized spacial score (nSPS) is 23.9. The Morgan fingerprint density at radius 3 is 2.22 bits per heavy atom. The summed E-state index contributed by atoms with van der Waals surface area (Å²) in [7, 11) is 0. The van der Waals surface area contributed by atoms with E-state index in [9.17, 15) is 0 Å². The third-order valence-electron chi connectivity index (χ3n) is 12.6. The molecule has 0 spiro atoms. The van der Waals surface area contributed by atoms with Crippen molar-refractivity contribution in [3.8, 4) is 11.3 Å². The van der Waals surface area contributed by atoms with Crippen LogP contribution in [-0.2, 0) is 11.8 Å². The van der Waals surface area contributed by atoms with Gasteiger partial charge in [0.2, 0.25) is 0 Å². The van der Waals surface area contributed by atoms with E-state index in [0.717, 1.165) is 35.8 Å². The Morgan fingerprint density at radius 2 is 1.67 bits per heavy atom. The van der Waals surface area contributed by atoms with E-state index in [-0.39, 0.29) is 0 Å². The number of fused-ring (bicyclic) bond motifs is 3. The van der Waals surface area contributed by atoms with Crippen LogP contribution in [0.1, 0.15) is 128 Å². The monoisotopic (exact) mass is 663 g/mol. The van der Waals surface area contributed by atoms with Gasteiger partial charge in [-0.15, -0.1) is 0 Å². The summed E-state index contributed by atoms with van der Waals surface area (Å²) in [6.07, 6.45) is 21.4.